The van der Waals surface area contributed by atoms with Crippen molar-refractivity contribution in [2.45, 2.75) is 6.54 Å². The molecule has 0 unspecified atom stereocenters. The van der Waals surface area contributed by atoms with Crippen molar-refractivity contribution in [3.8, 4) is 11.1 Å². The Balaban J connectivity index is 1.62. The van der Waals surface area contributed by atoms with Gasteiger partial charge in [-0.2, -0.15) is 0 Å². The number of rotatable bonds is 4. The summed E-state index contributed by atoms with van der Waals surface area (Å²) in [7, 11) is 0. The maximum Gasteiger partial charge on any atom is 0.323 e. The monoisotopic (exact) mass is 307 g/mol. The van der Waals surface area contributed by atoms with Gasteiger partial charge in [-0.3, -0.25) is 4.98 Å². The van der Waals surface area contributed by atoms with Gasteiger partial charge in [0.1, 0.15) is 6.26 Å². The molecule has 0 aliphatic heterocycles. The standard InChI is InChI=1S/C16H13N5O2/c22-16-20-13-2-1-10(6-14(13)21-16)11-5-12(8-17-7-11)19-9-15-18-3-4-23-15/h1-8,19H,9H2,(H2,20,21,22). The Bertz CT molecular complexity index is 1000. The van der Waals surface area contributed by atoms with E-state index >= 15 is 0 Å². The largest absolute Gasteiger partial charge is 0.447 e. The average Bonchev–Trinajstić information content (AvgIpc) is 3.20. The molecule has 3 aromatic heterocycles. The lowest BCUT2D eigenvalue weighted by atomic mass is 10.1. The molecule has 23 heavy (non-hydrogen) atoms. The number of oxazole rings is 1. The van der Waals surface area contributed by atoms with E-state index in [0.29, 0.717) is 12.4 Å². The third-order valence-corrected chi connectivity index (χ3v) is 3.51. The summed E-state index contributed by atoms with van der Waals surface area (Å²) in [6.07, 6.45) is 6.67. The number of fused-ring (bicyclic) bond motifs is 1. The van der Waals surface area contributed by atoms with Crippen LogP contribution in [0.4, 0.5) is 5.69 Å². The first-order valence-corrected chi connectivity index (χ1v) is 7.08. The Morgan fingerprint density at radius 2 is 2.00 bits per heavy atom. The predicted molar refractivity (Wildman–Crippen MR) is 86.0 cm³/mol. The molecule has 0 saturated heterocycles. The topological polar surface area (TPSA) is 99.6 Å². The maximum absolute atomic E-state index is 11.3. The van der Waals surface area contributed by atoms with E-state index in [1.54, 1.807) is 24.9 Å². The highest BCUT2D eigenvalue weighted by Crippen LogP contribution is 2.24. The van der Waals surface area contributed by atoms with E-state index < -0.39 is 0 Å². The summed E-state index contributed by atoms with van der Waals surface area (Å²) in [4.78, 5) is 25.1. The first-order valence-electron chi connectivity index (χ1n) is 7.08. The quantitative estimate of drug-likeness (QED) is 0.538. The number of pyridine rings is 1. The minimum absolute atomic E-state index is 0.211. The lowest BCUT2D eigenvalue weighted by Gasteiger charge is -2.06. The van der Waals surface area contributed by atoms with Crippen molar-refractivity contribution in [2.24, 2.45) is 0 Å². The first-order chi connectivity index (χ1) is 11.3. The van der Waals surface area contributed by atoms with Gasteiger partial charge in [-0.25, -0.2) is 9.78 Å². The van der Waals surface area contributed by atoms with E-state index in [1.807, 2.05) is 24.3 Å². The highest BCUT2D eigenvalue weighted by atomic mass is 16.3. The second-order valence-corrected chi connectivity index (χ2v) is 5.08. The molecular formula is C16H13N5O2. The molecule has 0 aliphatic carbocycles. The van der Waals surface area contributed by atoms with Crippen molar-refractivity contribution in [1.29, 1.82) is 0 Å². The zero-order valence-corrected chi connectivity index (χ0v) is 12.0. The molecule has 0 aliphatic rings. The number of hydrogen-bond donors (Lipinski definition) is 3. The summed E-state index contributed by atoms with van der Waals surface area (Å²) < 4.78 is 5.19. The molecule has 0 amide bonds. The predicted octanol–water partition coefficient (Wildman–Crippen LogP) is 2.52. The lowest BCUT2D eigenvalue weighted by molar-refractivity contribution is 0.504. The van der Waals surface area contributed by atoms with Gasteiger partial charge in [0.25, 0.3) is 0 Å². The number of anilines is 1. The Kier molecular flexibility index (Phi) is 3.16. The number of benzene rings is 1. The zero-order valence-electron chi connectivity index (χ0n) is 12.0. The van der Waals surface area contributed by atoms with Crippen LogP contribution < -0.4 is 11.0 Å². The van der Waals surface area contributed by atoms with Crippen LogP contribution in [0.25, 0.3) is 22.2 Å². The fourth-order valence-electron chi connectivity index (χ4n) is 2.42. The molecule has 114 valence electrons. The van der Waals surface area contributed by atoms with Gasteiger partial charge in [-0.05, 0) is 23.8 Å². The number of nitrogens with one attached hydrogen (secondary N) is 3. The number of aromatic amines is 2. The molecule has 0 saturated carbocycles. The van der Waals surface area contributed by atoms with Crippen LogP contribution in [0.3, 0.4) is 0 Å². The summed E-state index contributed by atoms with van der Waals surface area (Å²) in [5, 5.41) is 3.22. The highest BCUT2D eigenvalue weighted by Gasteiger charge is 2.04. The van der Waals surface area contributed by atoms with Gasteiger partial charge in [-0.15, -0.1) is 0 Å². The molecule has 0 bridgehead atoms. The van der Waals surface area contributed by atoms with E-state index in [0.717, 1.165) is 27.8 Å². The molecule has 4 rings (SSSR count). The third-order valence-electron chi connectivity index (χ3n) is 3.51. The van der Waals surface area contributed by atoms with Gasteiger partial charge >= 0.3 is 5.69 Å². The van der Waals surface area contributed by atoms with Crippen molar-refractivity contribution >= 4 is 16.7 Å². The van der Waals surface area contributed by atoms with Crippen LogP contribution in [0.1, 0.15) is 5.89 Å². The van der Waals surface area contributed by atoms with Crippen molar-refractivity contribution in [1.82, 2.24) is 19.9 Å². The maximum atomic E-state index is 11.3. The van der Waals surface area contributed by atoms with Gasteiger partial charge in [0.2, 0.25) is 5.89 Å². The van der Waals surface area contributed by atoms with Gasteiger partial charge in [0.05, 0.1) is 29.5 Å². The molecular weight excluding hydrogens is 294 g/mol. The van der Waals surface area contributed by atoms with Gasteiger partial charge in [-0.1, -0.05) is 6.07 Å². The smallest absolute Gasteiger partial charge is 0.323 e. The van der Waals surface area contributed by atoms with Crippen LogP contribution in [0.5, 0.6) is 0 Å². The Hall–Kier alpha value is -3.35. The summed E-state index contributed by atoms with van der Waals surface area (Å²) >= 11 is 0. The first kappa shape index (κ1) is 13.3. The number of H-pyrrole nitrogens is 2. The van der Waals surface area contributed by atoms with Gasteiger partial charge in [0, 0.05) is 18.0 Å². The molecule has 7 heteroatoms. The summed E-state index contributed by atoms with van der Waals surface area (Å²) in [5.74, 6) is 0.613. The fourth-order valence-corrected chi connectivity index (χ4v) is 2.42. The summed E-state index contributed by atoms with van der Waals surface area (Å²) in [6, 6.07) is 7.72. The lowest BCUT2D eigenvalue weighted by Crippen LogP contribution is -2.00. The average molecular weight is 307 g/mol. The molecule has 0 fully saturated rings. The third kappa shape index (κ3) is 2.71. The molecule has 0 atom stereocenters. The fraction of sp³-hybridized carbons (Fsp3) is 0.0625. The van der Waals surface area contributed by atoms with E-state index in [2.05, 4.69) is 25.3 Å². The SMILES string of the molecule is O=c1[nH]c2ccc(-c3cncc(NCc4ncco4)c3)cc2[nH]1. The molecule has 4 aromatic rings. The minimum atomic E-state index is -0.211. The van der Waals surface area contributed by atoms with Crippen LogP contribution in [-0.4, -0.2) is 19.9 Å². The van der Waals surface area contributed by atoms with Crippen LogP contribution in [0.15, 0.2) is 58.3 Å². The molecule has 1 aromatic carbocycles. The van der Waals surface area contributed by atoms with E-state index in [9.17, 15) is 4.79 Å². The molecule has 0 spiro atoms. The second-order valence-electron chi connectivity index (χ2n) is 5.08. The molecule has 0 radical (unpaired) electrons. The number of nitrogens with zero attached hydrogens (tertiary/aromatic N) is 2. The number of imidazole rings is 1. The second kappa shape index (κ2) is 5.45. The van der Waals surface area contributed by atoms with Crippen molar-refractivity contribution in [3.05, 3.63) is 65.5 Å². The zero-order chi connectivity index (χ0) is 15.6. The van der Waals surface area contributed by atoms with Crippen LogP contribution >= 0.6 is 0 Å². The van der Waals surface area contributed by atoms with Crippen LogP contribution in [0, 0.1) is 0 Å². The number of aromatic nitrogens is 4. The minimum Gasteiger partial charge on any atom is -0.447 e. The van der Waals surface area contributed by atoms with E-state index in [1.165, 1.54) is 0 Å². The highest BCUT2D eigenvalue weighted by molar-refractivity contribution is 5.81. The molecule has 3 heterocycles. The molecule has 3 N–H and O–H groups in total. The van der Waals surface area contributed by atoms with E-state index in [-0.39, 0.29) is 5.69 Å². The normalized spacial score (nSPS) is 11.0. The van der Waals surface area contributed by atoms with Crippen molar-refractivity contribution < 1.29 is 4.42 Å². The van der Waals surface area contributed by atoms with Gasteiger partial charge < -0.3 is 19.7 Å². The summed E-state index contributed by atoms with van der Waals surface area (Å²) in [5.41, 5.74) is 4.13. The number of hydrogen-bond acceptors (Lipinski definition) is 5. The van der Waals surface area contributed by atoms with Crippen molar-refractivity contribution in [2.75, 3.05) is 5.32 Å². The van der Waals surface area contributed by atoms with E-state index in [4.69, 9.17) is 4.42 Å². The Morgan fingerprint density at radius 1 is 1.09 bits per heavy atom. The summed E-state index contributed by atoms with van der Waals surface area (Å²) in [6.45, 7) is 0.488. The van der Waals surface area contributed by atoms with Crippen molar-refractivity contribution in [3.63, 3.8) is 0 Å². The Morgan fingerprint density at radius 3 is 2.87 bits per heavy atom. The Labute approximate surface area is 130 Å². The van der Waals surface area contributed by atoms with Crippen LogP contribution in [-0.2, 0) is 6.54 Å². The van der Waals surface area contributed by atoms with Gasteiger partial charge in [0.15, 0.2) is 0 Å². The molecule has 7 nitrogen and oxygen atoms in total. The van der Waals surface area contributed by atoms with Crippen LogP contribution in [0.2, 0.25) is 0 Å².